The fourth-order valence-corrected chi connectivity index (χ4v) is 2.60. The van der Waals surface area contributed by atoms with E-state index < -0.39 is 0 Å². The average molecular weight is 380 g/mol. The van der Waals surface area contributed by atoms with Crippen molar-refractivity contribution >= 4 is 39.1 Å². The number of hydrogen-bond acceptors (Lipinski definition) is 2. The first-order valence-corrected chi connectivity index (χ1v) is 7.21. The maximum Gasteiger partial charge on any atom is 0.144 e. The van der Waals surface area contributed by atoms with Crippen molar-refractivity contribution in [3.8, 4) is 5.75 Å². The molecule has 2 aromatic rings. The normalized spacial score (nSPS) is 10.7. The molecule has 0 aliphatic heterocycles. The first-order valence-electron chi connectivity index (χ1n) is 5.66. The van der Waals surface area contributed by atoms with Gasteiger partial charge in [-0.2, -0.15) is 0 Å². The van der Waals surface area contributed by atoms with Crippen LogP contribution in [-0.2, 0) is 13.2 Å². The average Bonchev–Trinajstić information content (AvgIpc) is 2.38. The van der Waals surface area contributed by atoms with E-state index in [1.54, 1.807) is 18.2 Å². The van der Waals surface area contributed by atoms with Crippen LogP contribution >= 0.6 is 39.1 Å². The molecule has 0 aromatic heterocycles. The summed E-state index contributed by atoms with van der Waals surface area (Å²) in [6.07, 6.45) is 0. The van der Waals surface area contributed by atoms with Crippen LogP contribution in [0.4, 0.5) is 4.39 Å². The molecule has 0 bridgehead atoms. The van der Waals surface area contributed by atoms with Gasteiger partial charge in [-0.3, -0.25) is 0 Å². The van der Waals surface area contributed by atoms with E-state index in [2.05, 4.69) is 15.9 Å². The van der Waals surface area contributed by atoms with Crippen molar-refractivity contribution in [2.24, 2.45) is 0 Å². The zero-order valence-electron chi connectivity index (χ0n) is 10.2. The van der Waals surface area contributed by atoms with Crippen molar-refractivity contribution in [3.63, 3.8) is 0 Å². The predicted octanol–water partition coefficient (Wildman–Crippen LogP) is 4.97. The maximum atomic E-state index is 13.7. The summed E-state index contributed by atoms with van der Waals surface area (Å²) in [6, 6.07) is 7.76. The van der Waals surface area contributed by atoms with Gasteiger partial charge in [0.15, 0.2) is 0 Å². The molecule has 0 fully saturated rings. The predicted molar refractivity (Wildman–Crippen MR) is 80.8 cm³/mol. The Morgan fingerprint density at radius 1 is 1.15 bits per heavy atom. The third-order valence-electron chi connectivity index (χ3n) is 2.64. The molecule has 0 saturated heterocycles. The molecule has 0 amide bonds. The molecule has 2 rings (SSSR count). The van der Waals surface area contributed by atoms with Gasteiger partial charge in [-0.25, -0.2) is 4.39 Å². The Labute approximate surface area is 134 Å². The molecule has 2 nitrogen and oxygen atoms in total. The minimum atomic E-state index is -0.380. The number of halogens is 4. The van der Waals surface area contributed by atoms with Gasteiger partial charge >= 0.3 is 0 Å². The van der Waals surface area contributed by atoms with Crippen molar-refractivity contribution < 1.29 is 14.2 Å². The van der Waals surface area contributed by atoms with Gasteiger partial charge < -0.3 is 9.84 Å². The first-order chi connectivity index (χ1) is 9.51. The Hall–Kier alpha value is -0.810. The number of hydrogen-bond donors (Lipinski definition) is 1. The van der Waals surface area contributed by atoms with Crippen molar-refractivity contribution in [1.29, 1.82) is 0 Å². The third-order valence-corrected chi connectivity index (χ3v) is 3.63. The Morgan fingerprint density at radius 2 is 1.90 bits per heavy atom. The van der Waals surface area contributed by atoms with Crippen molar-refractivity contribution in [1.82, 2.24) is 0 Å². The second kappa shape index (κ2) is 6.76. The van der Waals surface area contributed by atoms with Crippen molar-refractivity contribution in [3.05, 3.63) is 61.8 Å². The van der Waals surface area contributed by atoms with E-state index in [-0.39, 0.29) is 24.1 Å². The third kappa shape index (κ3) is 3.64. The zero-order chi connectivity index (χ0) is 14.7. The fourth-order valence-electron chi connectivity index (χ4n) is 1.68. The Kier molecular flexibility index (Phi) is 5.27. The van der Waals surface area contributed by atoms with E-state index >= 15 is 0 Å². The lowest BCUT2D eigenvalue weighted by molar-refractivity contribution is 0.257. The van der Waals surface area contributed by atoms with Crippen LogP contribution in [0.25, 0.3) is 0 Å². The van der Waals surface area contributed by atoms with E-state index in [0.717, 1.165) is 0 Å². The molecule has 0 aliphatic rings. The molecule has 0 heterocycles. The smallest absolute Gasteiger partial charge is 0.144 e. The van der Waals surface area contributed by atoms with Crippen LogP contribution < -0.4 is 4.74 Å². The monoisotopic (exact) mass is 378 g/mol. The van der Waals surface area contributed by atoms with Gasteiger partial charge in [0.1, 0.15) is 18.2 Å². The van der Waals surface area contributed by atoms with E-state index in [1.807, 2.05) is 0 Å². The largest absolute Gasteiger partial charge is 0.487 e. The summed E-state index contributed by atoms with van der Waals surface area (Å²) >= 11 is 15.1. The summed E-state index contributed by atoms with van der Waals surface area (Å²) in [7, 11) is 0. The highest BCUT2D eigenvalue weighted by atomic mass is 79.9. The Morgan fingerprint density at radius 3 is 2.55 bits per heavy atom. The lowest BCUT2D eigenvalue weighted by atomic mass is 10.2. The van der Waals surface area contributed by atoms with Crippen molar-refractivity contribution in [2.45, 2.75) is 13.2 Å². The second-order valence-corrected chi connectivity index (χ2v) is 5.82. The minimum Gasteiger partial charge on any atom is -0.487 e. The first kappa shape index (κ1) is 15.6. The van der Waals surface area contributed by atoms with Crippen LogP contribution in [0.5, 0.6) is 5.75 Å². The molecular weight excluding hydrogens is 370 g/mol. The summed E-state index contributed by atoms with van der Waals surface area (Å²) < 4.78 is 19.9. The Balaban J connectivity index is 2.22. The van der Waals surface area contributed by atoms with Gasteiger partial charge in [-0.05, 0) is 24.3 Å². The molecule has 0 radical (unpaired) electrons. The summed E-state index contributed by atoms with van der Waals surface area (Å²) in [5, 5.41) is 9.96. The van der Waals surface area contributed by atoms with Crippen LogP contribution in [-0.4, -0.2) is 5.11 Å². The number of rotatable bonds is 4. The molecule has 106 valence electrons. The van der Waals surface area contributed by atoms with E-state index in [4.69, 9.17) is 27.9 Å². The van der Waals surface area contributed by atoms with Crippen LogP contribution in [0.3, 0.4) is 0 Å². The molecule has 0 aliphatic carbocycles. The number of aliphatic hydroxyl groups excluding tert-OH is 1. The molecule has 0 atom stereocenters. The topological polar surface area (TPSA) is 29.5 Å². The van der Waals surface area contributed by atoms with Crippen LogP contribution in [0.2, 0.25) is 10.0 Å². The van der Waals surface area contributed by atoms with E-state index in [9.17, 15) is 9.50 Å². The summed E-state index contributed by atoms with van der Waals surface area (Å²) in [5.74, 6) is -0.0732. The Bertz CT molecular complexity index is 635. The molecule has 0 unspecified atom stereocenters. The molecule has 0 spiro atoms. The van der Waals surface area contributed by atoms with Gasteiger partial charge in [0.2, 0.25) is 0 Å². The highest BCUT2D eigenvalue weighted by molar-refractivity contribution is 9.10. The molecular formula is C14H10BrCl2FO2. The fraction of sp³-hybridized carbons (Fsp3) is 0.143. The summed E-state index contributed by atoms with van der Waals surface area (Å²) in [4.78, 5) is 0. The SMILES string of the molecule is OCc1cc(Cl)cc(Cl)c1OCc1ccc(Br)cc1F. The van der Waals surface area contributed by atoms with E-state index in [0.29, 0.717) is 26.4 Å². The van der Waals surface area contributed by atoms with Gasteiger partial charge in [0, 0.05) is 20.6 Å². The van der Waals surface area contributed by atoms with Gasteiger partial charge in [-0.15, -0.1) is 0 Å². The summed E-state index contributed by atoms with van der Waals surface area (Å²) in [5.41, 5.74) is 0.850. The van der Waals surface area contributed by atoms with Gasteiger partial charge in [0.05, 0.1) is 11.6 Å². The second-order valence-electron chi connectivity index (χ2n) is 4.06. The standard InChI is InChI=1S/C14H10BrCl2FO2/c15-10-2-1-8(13(18)4-10)7-20-14-9(6-19)3-11(16)5-12(14)17/h1-5,19H,6-7H2. The van der Waals surface area contributed by atoms with Crippen LogP contribution in [0, 0.1) is 5.82 Å². The number of benzene rings is 2. The molecule has 0 saturated carbocycles. The molecule has 1 N–H and O–H groups in total. The van der Waals surface area contributed by atoms with Crippen LogP contribution in [0.1, 0.15) is 11.1 Å². The summed E-state index contributed by atoms with van der Waals surface area (Å²) in [6.45, 7) is -0.258. The highest BCUT2D eigenvalue weighted by Gasteiger charge is 2.12. The molecule has 6 heteroatoms. The van der Waals surface area contributed by atoms with E-state index in [1.165, 1.54) is 12.1 Å². The lowest BCUT2D eigenvalue weighted by Gasteiger charge is -2.13. The maximum absolute atomic E-state index is 13.7. The quantitative estimate of drug-likeness (QED) is 0.812. The van der Waals surface area contributed by atoms with Gasteiger partial charge in [0.25, 0.3) is 0 Å². The minimum absolute atomic E-state index is 0.00741. The highest BCUT2D eigenvalue weighted by Crippen LogP contribution is 2.33. The number of aliphatic hydroxyl groups is 1. The number of ether oxygens (including phenoxy) is 1. The molecule has 2 aromatic carbocycles. The van der Waals surface area contributed by atoms with Crippen LogP contribution in [0.15, 0.2) is 34.8 Å². The lowest BCUT2D eigenvalue weighted by Crippen LogP contribution is -2.01. The van der Waals surface area contributed by atoms with Gasteiger partial charge in [-0.1, -0.05) is 45.2 Å². The molecule has 20 heavy (non-hydrogen) atoms. The zero-order valence-corrected chi connectivity index (χ0v) is 13.3. The van der Waals surface area contributed by atoms with Crippen molar-refractivity contribution in [2.75, 3.05) is 0 Å².